The van der Waals surface area contributed by atoms with E-state index in [1.807, 2.05) is 51.1 Å². The molecule has 23 heavy (non-hydrogen) atoms. The molecule has 0 saturated heterocycles. The van der Waals surface area contributed by atoms with Gasteiger partial charge in [0.15, 0.2) is 0 Å². The first-order valence-corrected chi connectivity index (χ1v) is 8.57. The Kier molecular flexibility index (Phi) is 5.72. The van der Waals surface area contributed by atoms with Crippen LogP contribution in [0.2, 0.25) is 0 Å². The summed E-state index contributed by atoms with van der Waals surface area (Å²) >= 11 is 1.78. The van der Waals surface area contributed by atoms with Crippen LogP contribution in [-0.2, 0) is 10.5 Å². The molecule has 0 bridgehead atoms. The molecule has 3 nitrogen and oxygen atoms in total. The van der Waals surface area contributed by atoms with Gasteiger partial charge in [-0.1, -0.05) is 30.3 Å². The largest absolute Gasteiger partial charge is 0.443 e. The molecule has 122 valence electrons. The average Bonchev–Trinajstić information content (AvgIpc) is 2.52. The highest BCUT2D eigenvalue weighted by molar-refractivity contribution is 7.98. The van der Waals surface area contributed by atoms with Gasteiger partial charge in [-0.05, 0) is 50.6 Å². The van der Waals surface area contributed by atoms with Gasteiger partial charge >= 0.3 is 6.09 Å². The van der Waals surface area contributed by atoms with Crippen LogP contribution < -0.4 is 4.90 Å². The smallest absolute Gasteiger partial charge is 0.414 e. The van der Waals surface area contributed by atoms with Gasteiger partial charge in [-0.15, -0.1) is 11.8 Å². The summed E-state index contributed by atoms with van der Waals surface area (Å²) in [5, 5.41) is 0. The number of thioether (sulfide) groups is 1. The number of carbonyl (C=O) groups excluding carboxylic acids is 1. The number of nitrogens with zero attached hydrogens (tertiary/aromatic N) is 1. The predicted octanol–water partition coefficient (Wildman–Crippen LogP) is 5.35. The summed E-state index contributed by atoms with van der Waals surface area (Å²) < 4.78 is 5.37. The Labute approximate surface area is 142 Å². The lowest BCUT2D eigenvalue weighted by atomic mass is 10.2. The van der Waals surface area contributed by atoms with Crippen molar-refractivity contribution in [3.63, 3.8) is 0 Å². The molecule has 0 aliphatic carbocycles. The van der Waals surface area contributed by atoms with Crippen molar-refractivity contribution in [1.29, 1.82) is 0 Å². The number of anilines is 1. The van der Waals surface area contributed by atoms with E-state index in [0.717, 1.165) is 11.4 Å². The maximum absolute atomic E-state index is 12.1. The van der Waals surface area contributed by atoms with Gasteiger partial charge in [0.1, 0.15) is 5.60 Å². The zero-order chi connectivity index (χ0) is 16.9. The number of carbonyl (C=O) groups is 1. The van der Waals surface area contributed by atoms with Crippen LogP contribution in [0.15, 0.2) is 59.5 Å². The molecule has 0 N–H and O–H groups in total. The van der Waals surface area contributed by atoms with Crippen molar-refractivity contribution in [2.45, 2.75) is 37.0 Å². The van der Waals surface area contributed by atoms with Crippen molar-refractivity contribution in [2.75, 3.05) is 11.9 Å². The molecule has 0 aromatic heterocycles. The minimum atomic E-state index is -0.489. The number of amides is 1. The lowest BCUT2D eigenvalue weighted by molar-refractivity contribution is 0.0589. The Hall–Kier alpha value is -1.94. The summed E-state index contributed by atoms with van der Waals surface area (Å²) in [6.07, 6.45) is -0.345. The van der Waals surface area contributed by atoms with Crippen molar-refractivity contribution in [1.82, 2.24) is 0 Å². The molecule has 0 aliphatic rings. The van der Waals surface area contributed by atoms with Gasteiger partial charge in [0.05, 0.1) is 0 Å². The predicted molar refractivity (Wildman–Crippen MR) is 97.1 cm³/mol. The van der Waals surface area contributed by atoms with Crippen molar-refractivity contribution < 1.29 is 9.53 Å². The minimum absolute atomic E-state index is 0.345. The highest BCUT2D eigenvalue weighted by atomic mass is 32.2. The maximum atomic E-state index is 12.1. The Balaban J connectivity index is 1.95. The van der Waals surface area contributed by atoms with Crippen LogP contribution in [0.1, 0.15) is 26.3 Å². The van der Waals surface area contributed by atoms with Gasteiger partial charge in [-0.3, -0.25) is 4.90 Å². The third kappa shape index (κ3) is 5.64. The Morgan fingerprint density at radius 3 is 2.22 bits per heavy atom. The summed E-state index contributed by atoms with van der Waals surface area (Å²) in [5.74, 6) is 0.933. The molecule has 2 aromatic carbocycles. The maximum Gasteiger partial charge on any atom is 0.414 e. The average molecular weight is 329 g/mol. The fraction of sp³-hybridized carbons (Fsp3) is 0.316. The summed E-state index contributed by atoms with van der Waals surface area (Å²) in [4.78, 5) is 14.8. The molecule has 0 spiro atoms. The van der Waals surface area contributed by atoms with E-state index in [0.29, 0.717) is 0 Å². The molecular formula is C19H23NO2S. The summed E-state index contributed by atoms with van der Waals surface area (Å²) in [5.41, 5.74) is 1.63. The monoisotopic (exact) mass is 329 g/mol. The van der Waals surface area contributed by atoms with Crippen molar-refractivity contribution in [3.8, 4) is 0 Å². The van der Waals surface area contributed by atoms with Gasteiger partial charge in [0, 0.05) is 23.4 Å². The van der Waals surface area contributed by atoms with Crippen LogP contribution in [-0.4, -0.2) is 18.7 Å². The van der Waals surface area contributed by atoms with Gasteiger partial charge in [-0.2, -0.15) is 0 Å². The zero-order valence-electron chi connectivity index (χ0n) is 14.1. The fourth-order valence-electron chi connectivity index (χ4n) is 1.94. The van der Waals surface area contributed by atoms with E-state index >= 15 is 0 Å². The van der Waals surface area contributed by atoms with E-state index in [2.05, 4.69) is 24.3 Å². The lowest BCUT2D eigenvalue weighted by Gasteiger charge is -2.24. The van der Waals surface area contributed by atoms with Crippen LogP contribution in [0.4, 0.5) is 10.5 Å². The first-order valence-electron chi connectivity index (χ1n) is 7.59. The first kappa shape index (κ1) is 17.4. The number of hydrogen-bond donors (Lipinski definition) is 0. The third-order valence-electron chi connectivity index (χ3n) is 3.14. The number of rotatable bonds is 4. The number of hydrogen-bond acceptors (Lipinski definition) is 3. The highest BCUT2D eigenvalue weighted by Crippen LogP contribution is 2.25. The zero-order valence-corrected chi connectivity index (χ0v) is 14.9. The van der Waals surface area contributed by atoms with Crippen LogP contribution >= 0.6 is 11.8 Å². The van der Waals surface area contributed by atoms with E-state index in [1.165, 1.54) is 15.4 Å². The standard InChI is InChI=1S/C19H23NO2S/c1-19(2,3)22-18(21)20(4)16-10-12-17(13-11-16)23-14-15-8-6-5-7-9-15/h5-13H,14H2,1-4H3. The Morgan fingerprint density at radius 2 is 1.65 bits per heavy atom. The van der Waals surface area contributed by atoms with Gasteiger partial charge in [0.2, 0.25) is 0 Å². The van der Waals surface area contributed by atoms with Crippen molar-refractivity contribution in [2.24, 2.45) is 0 Å². The Bertz CT molecular complexity index is 633. The summed E-state index contributed by atoms with van der Waals surface area (Å²) in [6, 6.07) is 18.3. The van der Waals surface area contributed by atoms with Crippen LogP contribution in [0, 0.1) is 0 Å². The molecular weight excluding hydrogens is 306 g/mol. The minimum Gasteiger partial charge on any atom is -0.443 e. The molecule has 2 aromatic rings. The van der Waals surface area contributed by atoms with E-state index < -0.39 is 5.60 Å². The van der Waals surface area contributed by atoms with E-state index in [1.54, 1.807) is 18.8 Å². The first-order chi connectivity index (χ1) is 10.8. The van der Waals surface area contributed by atoms with Gasteiger partial charge in [0.25, 0.3) is 0 Å². The third-order valence-corrected chi connectivity index (χ3v) is 4.22. The molecule has 4 heteroatoms. The molecule has 0 saturated carbocycles. The van der Waals surface area contributed by atoms with Crippen molar-refractivity contribution >= 4 is 23.5 Å². The van der Waals surface area contributed by atoms with E-state index in [9.17, 15) is 4.79 Å². The fourth-order valence-corrected chi connectivity index (χ4v) is 2.80. The molecule has 0 unspecified atom stereocenters. The van der Waals surface area contributed by atoms with E-state index in [-0.39, 0.29) is 6.09 Å². The molecule has 0 atom stereocenters. The van der Waals surface area contributed by atoms with Crippen LogP contribution in [0.25, 0.3) is 0 Å². The lowest BCUT2D eigenvalue weighted by Crippen LogP contribution is -2.34. The second-order valence-corrected chi connectivity index (χ2v) is 7.36. The number of ether oxygens (including phenoxy) is 1. The molecule has 1 amide bonds. The van der Waals surface area contributed by atoms with Crippen LogP contribution in [0.3, 0.4) is 0 Å². The molecule has 0 aliphatic heterocycles. The summed E-state index contributed by atoms with van der Waals surface area (Å²) in [6.45, 7) is 5.59. The second-order valence-electron chi connectivity index (χ2n) is 6.31. The molecule has 0 radical (unpaired) electrons. The topological polar surface area (TPSA) is 29.5 Å². The van der Waals surface area contributed by atoms with Gasteiger partial charge in [-0.25, -0.2) is 4.79 Å². The summed E-state index contributed by atoms with van der Waals surface area (Å²) in [7, 11) is 1.72. The number of benzene rings is 2. The second kappa shape index (κ2) is 7.55. The molecule has 0 heterocycles. The van der Waals surface area contributed by atoms with Gasteiger partial charge < -0.3 is 4.74 Å². The van der Waals surface area contributed by atoms with Crippen molar-refractivity contribution in [3.05, 3.63) is 60.2 Å². The van der Waals surface area contributed by atoms with E-state index in [4.69, 9.17) is 4.74 Å². The molecule has 0 fully saturated rings. The normalized spacial score (nSPS) is 11.1. The van der Waals surface area contributed by atoms with Crippen LogP contribution in [0.5, 0.6) is 0 Å². The Morgan fingerprint density at radius 1 is 1.04 bits per heavy atom. The highest BCUT2D eigenvalue weighted by Gasteiger charge is 2.20. The SMILES string of the molecule is CN(C(=O)OC(C)(C)C)c1ccc(SCc2ccccc2)cc1. The quantitative estimate of drug-likeness (QED) is 0.708. The molecule has 2 rings (SSSR count).